The summed E-state index contributed by atoms with van der Waals surface area (Å²) in [6, 6.07) is 7.60. The van der Waals surface area contributed by atoms with Gasteiger partial charge in [-0.3, -0.25) is 9.59 Å². The van der Waals surface area contributed by atoms with Crippen molar-refractivity contribution in [2.45, 2.75) is 38.8 Å². The number of nitrogens with zero attached hydrogens (tertiary/aromatic N) is 1. The molecule has 0 aliphatic carbocycles. The van der Waals surface area contributed by atoms with E-state index in [9.17, 15) is 9.59 Å². The smallest absolute Gasteiger partial charge is 0.227 e. The second kappa shape index (κ2) is 6.52. The molecule has 2 rings (SSSR count). The Morgan fingerprint density at radius 1 is 1.40 bits per heavy atom. The molecular weight excluding hydrogens is 254 g/mol. The second-order valence-electron chi connectivity index (χ2n) is 5.27. The Kier molecular flexibility index (Phi) is 4.74. The van der Waals surface area contributed by atoms with Crippen LogP contribution in [0.2, 0.25) is 0 Å². The summed E-state index contributed by atoms with van der Waals surface area (Å²) >= 11 is 0. The minimum atomic E-state index is -0.126. The molecule has 1 saturated heterocycles. The minimum Gasteiger partial charge on any atom is -0.352 e. The molecule has 1 atom stereocenters. The fourth-order valence-electron chi connectivity index (χ4n) is 2.28. The van der Waals surface area contributed by atoms with Gasteiger partial charge in [0.25, 0.3) is 0 Å². The molecule has 0 aromatic heterocycles. The molecule has 0 radical (unpaired) electrons. The van der Waals surface area contributed by atoms with E-state index in [1.807, 2.05) is 24.3 Å². The average Bonchev–Trinajstić information content (AvgIpc) is 2.82. The lowest BCUT2D eigenvalue weighted by atomic mass is 10.2. The number of hydrogen-bond donors (Lipinski definition) is 2. The first-order valence-electron chi connectivity index (χ1n) is 6.98. The molecule has 1 heterocycles. The van der Waals surface area contributed by atoms with Crippen LogP contribution in [-0.2, 0) is 16.1 Å². The number of nitrogens with one attached hydrogen (secondary N) is 1. The molecule has 1 aromatic rings. The number of hydrogen-bond acceptors (Lipinski definition) is 3. The first-order chi connectivity index (χ1) is 9.56. The van der Waals surface area contributed by atoms with Gasteiger partial charge in [-0.05, 0) is 31.0 Å². The van der Waals surface area contributed by atoms with Crippen molar-refractivity contribution in [3.63, 3.8) is 0 Å². The van der Waals surface area contributed by atoms with Crippen LogP contribution in [0.5, 0.6) is 0 Å². The Hall–Kier alpha value is -1.88. The van der Waals surface area contributed by atoms with Crippen molar-refractivity contribution in [2.24, 2.45) is 5.73 Å². The van der Waals surface area contributed by atoms with Gasteiger partial charge in [0.2, 0.25) is 11.8 Å². The van der Waals surface area contributed by atoms with Crippen LogP contribution in [0.3, 0.4) is 0 Å². The fourth-order valence-corrected chi connectivity index (χ4v) is 2.28. The van der Waals surface area contributed by atoms with Gasteiger partial charge >= 0.3 is 0 Å². The van der Waals surface area contributed by atoms with Crippen LogP contribution in [0, 0.1) is 0 Å². The molecule has 0 spiro atoms. The quantitative estimate of drug-likeness (QED) is 0.847. The highest BCUT2D eigenvalue weighted by Gasteiger charge is 2.21. The number of carbonyl (C=O) groups is 2. The van der Waals surface area contributed by atoms with Crippen LogP contribution in [0.25, 0.3) is 0 Å². The zero-order chi connectivity index (χ0) is 14.5. The van der Waals surface area contributed by atoms with Gasteiger partial charge in [-0.2, -0.15) is 0 Å². The first kappa shape index (κ1) is 14.5. The fraction of sp³-hybridized carbons (Fsp3) is 0.467. The van der Waals surface area contributed by atoms with Gasteiger partial charge in [0.05, 0.1) is 0 Å². The molecule has 0 bridgehead atoms. The molecule has 108 valence electrons. The Morgan fingerprint density at radius 2 is 2.10 bits per heavy atom. The van der Waals surface area contributed by atoms with Crippen molar-refractivity contribution >= 4 is 17.5 Å². The summed E-state index contributed by atoms with van der Waals surface area (Å²) in [5, 5.41) is 2.83. The van der Waals surface area contributed by atoms with Crippen molar-refractivity contribution in [1.29, 1.82) is 0 Å². The van der Waals surface area contributed by atoms with Crippen molar-refractivity contribution in [2.75, 3.05) is 11.4 Å². The van der Waals surface area contributed by atoms with E-state index in [1.54, 1.807) is 11.8 Å². The molecular formula is C15H21N3O2. The van der Waals surface area contributed by atoms with Gasteiger partial charge in [0.1, 0.15) is 0 Å². The summed E-state index contributed by atoms with van der Waals surface area (Å²) in [7, 11) is 0. The lowest BCUT2D eigenvalue weighted by molar-refractivity contribution is -0.121. The third-order valence-electron chi connectivity index (χ3n) is 3.32. The molecule has 1 aromatic carbocycles. The number of anilines is 1. The largest absolute Gasteiger partial charge is 0.352 e. The van der Waals surface area contributed by atoms with E-state index in [4.69, 9.17) is 5.73 Å². The van der Waals surface area contributed by atoms with Crippen molar-refractivity contribution in [3.05, 3.63) is 29.8 Å². The number of nitrogens with two attached hydrogens (primary N) is 1. The summed E-state index contributed by atoms with van der Waals surface area (Å²) in [5.74, 6) is 0.141. The highest BCUT2D eigenvalue weighted by Crippen LogP contribution is 2.21. The van der Waals surface area contributed by atoms with Gasteiger partial charge in [-0.1, -0.05) is 12.1 Å². The van der Waals surface area contributed by atoms with Crippen LogP contribution in [0.15, 0.2) is 24.3 Å². The molecule has 1 aliphatic heterocycles. The molecule has 1 aliphatic rings. The van der Waals surface area contributed by atoms with Gasteiger partial charge in [-0.25, -0.2) is 0 Å². The number of rotatable bonds is 5. The lowest BCUT2D eigenvalue weighted by Crippen LogP contribution is -2.29. The van der Waals surface area contributed by atoms with Crippen molar-refractivity contribution in [1.82, 2.24) is 5.32 Å². The Balaban J connectivity index is 1.88. The summed E-state index contributed by atoms with van der Waals surface area (Å²) < 4.78 is 0. The Bertz CT molecular complexity index is 482. The maximum absolute atomic E-state index is 11.6. The van der Waals surface area contributed by atoms with Crippen molar-refractivity contribution < 1.29 is 9.59 Å². The highest BCUT2D eigenvalue weighted by atomic mass is 16.2. The van der Waals surface area contributed by atoms with E-state index in [0.29, 0.717) is 19.4 Å². The van der Waals surface area contributed by atoms with E-state index in [1.165, 1.54) is 0 Å². The van der Waals surface area contributed by atoms with E-state index in [2.05, 4.69) is 5.32 Å². The molecule has 5 nitrogen and oxygen atoms in total. The van der Waals surface area contributed by atoms with Crippen molar-refractivity contribution in [3.8, 4) is 0 Å². The normalized spacial score (nSPS) is 16.3. The first-order valence-corrected chi connectivity index (χ1v) is 6.98. The molecule has 1 fully saturated rings. The summed E-state index contributed by atoms with van der Waals surface area (Å²) in [6.45, 7) is 3.09. The van der Waals surface area contributed by atoms with E-state index >= 15 is 0 Å². The SMILES string of the molecule is CC(N)CC(=O)NCc1ccc(N2CCCC2=O)cc1. The molecule has 20 heavy (non-hydrogen) atoms. The zero-order valence-corrected chi connectivity index (χ0v) is 11.8. The van der Waals surface area contributed by atoms with Crippen LogP contribution >= 0.6 is 0 Å². The number of benzene rings is 1. The van der Waals surface area contributed by atoms with E-state index < -0.39 is 0 Å². The monoisotopic (exact) mass is 275 g/mol. The Morgan fingerprint density at radius 3 is 2.65 bits per heavy atom. The molecule has 3 N–H and O–H groups in total. The third kappa shape index (κ3) is 3.81. The van der Waals surface area contributed by atoms with E-state index in [-0.39, 0.29) is 17.9 Å². The summed E-state index contributed by atoms with van der Waals surface area (Å²) in [4.78, 5) is 24.9. The maximum Gasteiger partial charge on any atom is 0.227 e. The van der Waals surface area contributed by atoms with Gasteiger partial charge in [0, 0.05) is 37.7 Å². The molecule has 2 amide bonds. The van der Waals surface area contributed by atoms with Gasteiger partial charge in [-0.15, -0.1) is 0 Å². The lowest BCUT2D eigenvalue weighted by Gasteiger charge is -2.16. The number of carbonyl (C=O) groups excluding carboxylic acids is 2. The average molecular weight is 275 g/mol. The molecule has 1 unspecified atom stereocenters. The molecule has 5 heteroatoms. The number of amides is 2. The Labute approximate surface area is 119 Å². The van der Waals surface area contributed by atoms with Crippen LogP contribution in [0.1, 0.15) is 31.7 Å². The minimum absolute atomic E-state index is 0.0428. The van der Waals surface area contributed by atoms with Crippen LogP contribution in [-0.4, -0.2) is 24.4 Å². The topological polar surface area (TPSA) is 75.4 Å². The summed E-state index contributed by atoms with van der Waals surface area (Å²) in [5.41, 5.74) is 7.51. The van der Waals surface area contributed by atoms with Crippen LogP contribution < -0.4 is 16.0 Å². The predicted molar refractivity (Wildman–Crippen MR) is 78.1 cm³/mol. The van der Waals surface area contributed by atoms with Gasteiger partial charge < -0.3 is 16.0 Å². The predicted octanol–water partition coefficient (Wildman–Crippen LogP) is 1.17. The molecule has 0 saturated carbocycles. The van der Waals surface area contributed by atoms with Gasteiger partial charge in [0.15, 0.2) is 0 Å². The maximum atomic E-state index is 11.6. The third-order valence-corrected chi connectivity index (χ3v) is 3.32. The van der Waals surface area contributed by atoms with E-state index in [0.717, 1.165) is 24.2 Å². The standard InChI is InChI=1S/C15H21N3O2/c1-11(16)9-14(19)17-10-12-4-6-13(7-5-12)18-8-2-3-15(18)20/h4-7,11H,2-3,8-10,16H2,1H3,(H,17,19). The zero-order valence-electron chi connectivity index (χ0n) is 11.8. The summed E-state index contributed by atoms with van der Waals surface area (Å²) in [6.07, 6.45) is 1.89. The van der Waals surface area contributed by atoms with Crippen LogP contribution in [0.4, 0.5) is 5.69 Å². The highest BCUT2D eigenvalue weighted by molar-refractivity contribution is 5.95. The second-order valence-corrected chi connectivity index (χ2v) is 5.27.